The molecule has 7 heteroatoms. The van der Waals surface area contributed by atoms with Crippen LogP contribution in [0, 0.1) is 5.82 Å². The molecule has 0 saturated carbocycles. The number of benzene rings is 1. The Hall–Kier alpha value is -1.50. The molecule has 0 fully saturated rings. The first-order valence-corrected chi connectivity index (χ1v) is 7.62. The third-order valence-corrected chi connectivity index (χ3v) is 4.14. The van der Waals surface area contributed by atoms with Crippen LogP contribution in [-0.2, 0) is 6.42 Å². The minimum Gasteiger partial charge on any atom is -0.387 e. The van der Waals surface area contributed by atoms with E-state index in [1.54, 1.807) is 5.51 Å². The fourth-order valence-corrected chi connectivity index (χ4v) is 2.73. The van der Waals surface area contributed by atoms with E-state index in [-0.39, 0.29) is 17.5 Å². The molecule has 1 unspecified atom stereocenters. The molecule has 21 heavy (non-hydrogen) atoms. The molecule has 1 aromatic carbocycles. The predicted molar refractivity (Wildman–Crippen MR) is 80.2 cm³/mol. The van der Waals surface area contributed by atoms with E-state index < -0.39 is 11.9 Å². The lowest BCUT2D eigenvalue weighted by Crippen LogP contribution is -2.28. The van der Waals surface area contributed by atoms with Crippen molar-refractivity contribution in [3.63, 3.8) is 0 Å². The minimum atomic E-state index is -1.00. The summed E-state index contributed by atoms with van der Waals surface area (Å²) >= 11 is 6.83. The molecule has 1 amide bonds. The van der Waals surface area contributed by atoms with Gasteiger partial charge in [-0.2, -0.15) is 0 Å². The van der Waals surface area contributed by atoms with Gasteiger partial charge in [-0.15, -0.1) is 11.3 Å². The van der Waals surface area contributed by atoms with Gasteiger partial charge >= 0.3 is 0 Å². The van der Waals surface area contributed by atoms with Crippen LogP contribution in [0.5, 0.6) is 0 Å². The van der Waals surface area contributed by atoms with Gasteiger partial charge < -0.3 is 10.4 Å². The maximum absolute atomic E-state index is 13.3. The zero-order valence-corrected chi connectivity index (χ0v) is 12.8. The van der Waals surface area contributed by atoms with Crippen molar-refractivity contribution < 1.29 is 14.3 Å². The molecule has 2 aromatic rings. The van der Waals surface area contributed by atoms with Gasteiger partial charge in [-0.3, -0.25) is 4.79 Å². The maximum Gasteiger partial charge on any atom is 0.263 e. The Morgan fingerprint density at radius 3 is 3.00 bits per heavy atom. The monoisotopic (exact) mass is 328 g/mol. The highest BCUT2D eigenvalue weighted by molar-refractivity contribution is 7.11. The molecule has 0 saturated heterocycles. The van der Waals surface area contributed by atoms with E-state index in [1.807, 2.05) is 6.92 Å². The number of hydrogen-bond acceptors (Lipinski definition) is 4. The minimum absolute atomic E-state index is 0.00719. The Balaban J connectivity index is 1.99. The Labute approximate surface area is 130 Å². The molecule has 2 rings (SSSR count). The van der Waals surface area contributed by atoms with Crippen LogP contribution < -0.4 is 5.32 Å². The van der Waals surface area contributed by atoms with E-state index in [0.29, 0.717) is 16.9 Å². The SMILES string of the molecule is CCc1ncsc1C(=O)NCC(O)c1ccc(Cl)c(F)c1. The normalized spacial score (nSPS) is 12.2. The van der Waals surface area contributed by atoms with E-state index >= 15 is 0 Å². The van der Waals surface area contributed by atoms with Gasteiger partial charge in [-0.1, -0.05) is 24.6 Å². The van der Waals surface area contributed by atoms with Gasteiger partial charge in [0.25, 0.3) is 5.91 Å². The summed E-state index contributed by atoms with van der Waals surface area (Å²) in [5.41, 5.74) is 2.69. The van der Waals surface area contributed by atoms with Gasteiger partial charge in [0.15, 0.2) is 0 Å². The third kappa shape index (κ3) is 3.78. The zero-order valence-electron chi connectivity index (χ0n) is 11.3. The smallest absolute Gasteiger partial charge is 0.263 e. The fraction of sp³-hybridized carbons (Fsp3) is 0.286. The number of rotatable bonds is 5. The van der Waals surface area contributed by atoms with Gasteiger partial charge in [-0.05, 0) is 24.1 Å². The van der Waals surface area contributed by atoms with Crippen LogP contribution in [-0.4, -0.2) is 22.5 Å². The molecule has 1 heterocycles. The van der Waals surface area contributed by atoms with E-state index in [9.17, 15) is 14.3 Å². The van der Waals surface area contributed by atoms with E-state index in [1.165, 1.54) is 23.5 Å². The number of carbonyl (C=O) groups excluding carboxylic acids is 1. The summed E-state index contributed by atoms with van der Waals surface area (Å²) in [6, 6.07) is 4.05. The molecular weight excluding hydrogens is 315 g/mol. The van der Waals surface area contributed by atoms with Crippen molar-refractivity contribution in [2.45, 2.75) is 19.4 Å². The first kappa shape index (κ1) is 15.9. The number of carbonyl (C=O) groups is 1. The molecule has 0 bridgehead atoms. The Bertz CT molecular complexity index is 648. The van der Waals surface area contributed by atoms with Crippen LogP contribution in [0.15, 0.2) is 23.7 Å². The molecule has 0 aliphatic heterocycles. The van der Waals surface area contributed by atoms with E-state index in [2.05, 4.69) is 10.3 Å². The van der Waals surface area contributed by atoms with Crippen molar-refractivity contribution >= 4 is 28.8 Å². The van der Waals surface area contributed by atoms with Crippen LogP contribution in [0.2, 0.25) is 5.02 Å². The number of nitrogens with one attached hydrogen (secondary N) is 1. The van der Waals surface area contributed by atoms with Crippen molar-refractivity contribution in [1.29, 1.82) is 0 Å². The van der Waals surface area contributed by atoms with E-state index in [4.69, 9.17) is 11.6 Å². The number of thiazole rings is 1. The summed E-state index contributed by atoms with van der Waals surface area (Å²) in [6.07, 6.45) is -0.337. The number of aryl methyl sites for hydroxylation is 1. The Kier molecular flexibility index (Phi) is 5.27. The van der Waals surface area contributed by atoms with E-state index in [0.717, 1.165) is 11.8 Å². The summed E-state index contributed by atoms with van der Waals surface area (Å²) < 4.78 is 13.3. The quantitative estimate of drug-likeness (QED) is 0.887. The van der Waals surface area contributed by atoms with Crippen molar-refractivity contribution in [3.8, 4) is 0 Å². The molecule has 0 radical (unpaired) electrons. The average Bonchev–Trinajstić information content (AvgIpc) is 2.95. The van der Waals surface area contributed by atoms with Crippen molar-refractivity contribution in [3.05, 3.63) is 50.7 Å². The second-order valence-electron chi connectivity index (χ2n) is 4.38. The second kappa shape index (κ2) is 6.98. The largest absolute Gasteiger partial charge is 0.387 e. The highest BCUT2D eigenvalue weighted by atomic mass is 35.5. The molecule has 0 aliphatic rings. The predicted octanol–water partition coefficient (Wildman–Crippen LogP) is 2.96. The first-order valence-electron chi connectivity index (χ1n) is 6.36. The summed E-state index contributed by atoms with van der Waals surface area (Å²) in [5, 5.41) is 12.6. The summed E-state index contributed by atoms with van der Waals surface area (Å²) in [7, 11) is 0. The average molecular weight is 329 g/mol. The number of halogens is 2. The Morgan fingerprint density at radius 1 is 1.57 bits per heavy atom. The van der Waals surface area contributed by atoms with Crippen molar-refractivity contribution in [2.24, 2.45) is 0 Å². The van der Waals surface area contributed by atoms with Gasteiger partial charge in [0.1, 0.15) is 10.7 Å². The van der Waals surface area contributed by atoms with Crippen LogP contribution in [0.4, 0.5) is 4.39 Å². The van der Waals surface area contributed by atoms with Gasteiger partial charge in [0, 0.05) is 6.54 Å². The lowest BCUT2D eigenvalue weighted by molar-refractivity contribution is 0.0919. The fourth-order valence-electron chi connectivity index (χ4n) is 1.81. The lowest BCUT2D eigenvalue weighted by atomic mass is 10.1. The number of nitrogens with zero attached hydrogens (tertiary/aromatic N) is 1. The van der Waals surface area contributed by atoms with Crippen molar-refractivity contribution in [2.75, 3.05) is 6.54 Å². The second-order valence-corrected chi connectivity index (χ2v) is 5.64. The van der Waals surface area contributed by atoms with Crippen LogP contribution in [0.1, 0.15) is 34.0 Å². The topological polar surface area (TPSA) is 62.2 Å². The summed E-state index contributed by atoms with van der Waals surface area (Å²) in [6.45, 7) is 1.90. The molecule has 1 atom stereocenters. The number of aliphatic hydroxyl groups is 1. The molecule has 0 aliphatic carbocycles. The molecule has 1 aromatic heterocycles. The summed E-state index contributed by atoms with van der Waals surface area (Å²) in [4.78, 5) is 16.6. The maximum atomic E-state index is 13.3. The van der Waals surface area contributed by atoms with Crippen LogP contribution >= 0.6 is 22.9 Å². The van der Waals surface area contributed by atoms with Gasteiger partial charge in [-0.25, -0.2) is 9.37 Å². The number of aromatic nitrogens is 1. The number of aliphatic hydroxyl groups excluding tert-OH is 1. The molecule has 2 N–H and O–H groups in total. The zero-order chi connectivity index (χ0) is 15.4. The number of hydrogen-bond donors (Lipinski definition) is 2. The first-order chi connectivity index (χ1) is 10.0. The molecule has 0 spiro atoms. The number of amides is 1. The van der Waals surface area contributed by atoms with Gasteiger partial charge in [0.2, 0.25) is 0 Å². The van der Waals surface area contributed by atoms with Crippen LogP contribution in [0.3, 0.4) is 0 Å². The van der Waals surface area contributed by atoms with Gasteiger partial charge in [0.05, 0.1) is 22.3 Å². The molecular formula is C14H14ClFN2O2S. The highest BCUT2D eigenvalue weighted by Gasteiger charge is 2.16. The third-order valence-electron chi connectivity index (χ3n) is 2.97. The molecule has 112 valence electrons. The van der Waals surface area contributed by atoms with Crippen molar-refractivity contribution in [1.82, 2.24) is 10.3 Å². The standard InChI is InChI=1S/C14H14ClFN2O2S/c1-2-11-13(21-7-18-11)14(20)17-6-12(19)8-3-4-9(15)10(16)5-8/h3-5,7,12,19H,2,6H2,1H3,(H,17,20). The highest BCUT2D eigenvalue weighted by Crippen LogP contribution is 2.20. The lowest BCUT2D eigenvalue weighted by Gasteiger charge is -2.12. The summed E-state index contributed by atoms with van der Waals surface area (Å²) in [5.74, 6) is -0.891. The van der Waals surface area contributed by atoms with Crippen LogP contribution in [0.25, 0.3) is 0 Å². The molecule has 4 nitrogen and oxygen atoms in total. The Morgan fingerprint density at radius 2 is 2.33 bits per heavy atom.